The molecule has 0 saturated heterocycles. The lowest BCUT2D eigenvalue weighted by Crippen LogP contribution is -2.51. The van der Waals surface area contributed by atoms with Crippen molar-refractivity contribution in [2.45, 2.75) is 32.1 Å². The number of amidine groups is 1. The first-order valence-corrected chi connectivity index (χ1v) is 7.03. The molecular weight excluding hydrogens is 281 g/mol. The molecule has 0 aliphatic heterocycles. The molecule has 1 N–H and O–H groups in total. The van der Waals surface area contributed by atoms with Crippen LogP contribution < -0.4 is 5.32 Å². The molecule has 0 aromatic heterocycles. The molecule has 0 aromatic rings. The molecule has 1 unspecified atom stereocenters. The number of aliphatic imine (C=N–C) groups is 2. The summed E-state index contributed by atoms with van der Waals surface area (Å²) in [6.07, 6.45) is -1.19. The second-order valence-corrected chi connectivity index (χ2v) is 4.96. The van der Waals surface area contributed by atoms with Crippen molar-refractivity contribution >= 4 is 11.5 Å². The van der Waals surface area contributed by atoms with Gasteiger partial charge in [0.15, 0.2) is 0 Å². The van der Waals surface area contributed by atoms with Crippen molar-refractivity contribution in [2.75, 3.05) is 27.2 Å². The van der Waals surface area contributed by atoms with Crippen LogP contribution in [0.3, 0.4) is 0 Å². The zero-order valence-electron chi connectivity index (χ0n) is 12.7. The predicted molar refractivity (Wildman–Crippen MR) is 79.9 cm³/mol. The Bertz CT molecular complexity index is 411. The molecule has 1 fully saturated rings. The van der Waals surface area contributed by atoms with E-state index >= 15 is 0 Å². The Balaban J connectivity index is 2.82. The molecular formula is C14H23F3N4. The van der Waals surface area contributed by atoms with E-state index in [9.17, 15) is 13.2 Å². The maximum absolute atomic E-state index is 13.0. The third kappa shape index (κ3) is 5.15. The highest BCUT2D eigenvalue weighted by atomic mass is 19.4. The van der Waals surface area contributed by atoms with Crippen LogP contribution in [0.5, 0.6) is 0 Å². The lowest BCUT2D eigenvalue weighted by Gasteiger charge is -2.30. The van der Waals surface area contributed by atoms with Crippen molar-refractivity contribution in [3.63, 3.8) is 0 Å². The van der Waals surface area contributed by atoms with Gasteiger partial charge in [-0.15, -0.1) is 0 Å². The van der Waals surface area contributed by atoms with Crippen molar-refractivity contribution in [2.24, 2.45) is 15.9 Å². The van der Waals surface area contributed by atoms with Gasteiger partial charge in [0.2, 0.25) is 5.84 Å². The van der Waals surface area contributed by atoms with Gasteiger partial charge in [-0.05, 0) is 32.9 Å². The zero-order chi connectivity index (χ0) is 16.0. The molecule has 1 atom stereocenters. The number of nitrogens with one attached hydrogen (secondary N) is 1. The fourth-order valence-electron chi connectivity index (χ4n) is 2.04. The maximum Gasteiger partial charge on any atom is 0.449 e. The summed E-state index contributed by atoms with van der Waals surface area (Å²) in [6, 6.07) is 0. The van der Waals surface area contributed by atoms with Gasteiger partial charge in [0.05, 0.1) is 6.54 Å². The first kappa shape index (κ1) is 17.7. The van der Waals surface area contributed by atoms with Gasteiger partial charge in [-0.25, -0.2) is 0 Å². The molecule has 1 aliphatic carbocycles. The van der Waals surface area contributed by atoms with Gasteiger partial charge in [-0.3, -0.25) is 15.3 Å². The van der Waals surface area contributed by atoms with E-state index < -0.39 is 18.2 Å². The Kier molecular flexibility index (Phi) is 6.39. The van der Waals surface area contributed by atoms with E-state index in [2.05, 4.69) is 21.9 Å². The standard InChI is InChI=1S/C14H23F3N4/c1-5-11(10-7-8-10)20-9-12(18-3)21(4)13(19-6-2)14(15,16)17/h5,10,12,18H,1,6-9H2,2-4H3. The highest BCUT2D eigenvalue weighted by Gasteiger charge is 2.40. The molecule has 0 spiro atoms. The quantitative estimate of drug-likeness (QED) is 0.446. The molecule has 1 rings (SSSR count). The highest BCUT2D eigenvalue weighted by Crippen LogP contribution is 2.31. The fourth-order valence-corrected chi connectivity index (χ4v) is 2.04. The van der Waals surface area contributed by atoms with Crippen LogP contribution in [0.2, 0.25) is 0 Å². The highest BCUT2D eigenvalue weighted by molar-refractivity contribution is 5.98. The summed E-state index contributed by atoms with van der Waals surface area (Å²) < 4.78 is 39.0. The monoisotopic (exact) mass is 304 g/mol. The Hall–Kier alpha value is -1.37. The minimum atomic E-state index is -4.47. The van der Waals surface area contributed by atoms with E-state index in [1.165, 1.54) is 7.05 Å². The third-order valence-corrected chi connectivity index (χ3v) is 3.35. The summed E-state index contributed by atoms with van der Waals surface area (Å²) in [5.41, 5.74) is 0.879. The predicted octanol–water partition coefficient (Wildman–Crippen LogP) is 2.48. The number of rotatable bonds is 7. The molecule has 21 heavy (non-hydrogen) atoms. The minimum Gasteiger partial charge on any atom is -0.338 e. The SMILES string of the molecule is C=CC(=NCC(NC)N(C)C(=NCC)C(F)(F)F)C1CC1. The van der Waals surface area contributed by atoms with E-state index in [1.54, 1.807) is 20.0 Å². The van der Waals surface area contributed by atoms with Gasteiger partial charge < -0.3 is 4.90 Å². The topological polar surface area (TPSA) is 40.0 Å². The van der Waals surface area contributed by atoms with Crippen molar-refractivity contribution < 1.29 is 13.2 Å². The molecule has 120 valence electrons. The number of halogens is 3. The number of alkyl halides is 3. The van der Waals surface area contributed by atoms with E-state index in [-0.39, 0.29) is 13.1 Å². The average Bonchev–Trinajstić information content (AvgIpc) is 3.23. The van der Waals surface area contributed by atoms with Gasteiger partial charge in [0.1, 0.15) is 6.17 Å². The molecule has 0 radical (unpaired) electrons. The van der Waals surface area contributed by atoms with Crippen molar-refractivity contribution in [3.05, 3.63) is 12.7 Å². The van der Waals surface area contributed by atoms with E-state index in [0.29, 0.717) is 5.92 Å². The number of allylic oxidation sites excluding steroid dienone is 1. The summed E-state index contributed by atoms with van der Waals surface area (Å²) >= 11 is 0. The lowest BCUT2D eigenvalue weighted by molar-refractivity contribution is -0.0700. The van der Waals surface area contributed by atoms with Gasteiger partial charge in [-0.2, -0.15) is 13.2 Å². The summed E-state index contributed by atoms with van der Waals surface area (Å²) in [7, 11) is 2.99. The second kappa shape index (κ2) is 7.59. The number of nitrogens with zero attached hydrogens (tertiary/aromatic N) is 3. The average molecular weight is 304 g/mol. The molecule has 0 bridgehead atoms. The Labute approximate surface area is 123 Å². The molecule has 0 heterocycles. The smallest absolute Gasteiger partial charge is 0.338 e. The van der Waals surface area contributed by atoms with Crippen LogP contribution in [0.1, 0.15) is 19.8 Å². The summed E-state index contributed by atoms with van der Waals surface area (Å²) in [5.74, 6) is -0.456. The Morgan fingerprint density at radius 2 is 2.05 bits per heavy atom. The normalized spacial score (nSPS) is 18.6. The molecule has 1 aliphatic rings. The van der Waals surface area contributed by atoms with E-state index in [0.717, 1.165) is 23.5 Å². The van der Waals surface area contributed by atoms with Crippen LogP contribution in [0.15, 0.2) is 22.6 Å². The zero-order valence-corrected chi connectivity index (χ0v) is 12.7. The van der Waals surface area contributed by atoms with E-state index in [4.69, 9.17) is 0 Å². The third-order valence-electron chi connectivity index (χ3n) is 3.35. The number of hydrogen-bond donors (Lipinski definition) is 1. The molecule has 0 aromatic carbocycles. The molecule has 7 heteroatoms. The van der Waals surface area contributed by atoms with E-state index in [1.807, 2.05) is 0 Å². The van der Waals surface area contributed by atoms with Gasteiger partial charge in [0, 0.05) is 25.2 Å². The minimum absolute atomic E-state index is 0.0822. The molecule has 1 saturated carbocycles. The molecule has 0 amide bonds. The van der Waals surface area contributed by atoms with Crippen molar-refractivity contribution in [3.8, 4) is 0 Å². The summed E-state index contributed by atoms with van der Waals surface area (Å²) in [6.45, 7) is 5.59. The van der Waals surface area contributed by atoms with Crippen LogP contribution >= 0.6 is 0 Å². The van der Waals surface area contributed by atoms with Gasteiger partial charge in [0.25, 0.3) is 0 Å². The van der Waals surface area contributed by atoms with Crippen LogP contribution in [-0.2, 0) is 0 Å². The van der Waals surface area contributed by atoms with Crippen LogP contribution in [0.25, 0.3) is 0 Å². The van der Waals surface area contributed by atoms with Crippen LogP contribution in [0.4, 0.5) is 13.2 Å². The Morgan fingerprint density at radius 3 is 2.43 bits per heavy atom. The fraction of sp³-hybridized carbons (Fsp3) is 0.714. The lowest BCUT2D eigenvalue weighted by atomic mass is 10.2. The number of likely N-dealkylation sites (N-methyl/N-ethyl adjacent to an activating group) is 2. The maximum atomic E-state index is 13.0. The Morgan fingerprint density at radius 1 is 1.43 bits per heavy atom. The second-order valence-electron chi connectivity index (χ2n) is 4.96. The molecule has 4 nitrogen and oxygen atoms in total. The largest absolute Gasteiger partial charge is 0.449 e. The van der Waals surface area contributed by atoms with Gasteiger partial charge >= 0.3 is 6.18 Å². The van der Waals surface area contributed by atoms with Gasteiger partial charge in [-0.1, -0.05) is 6.58 Å². The number of hydrogen-bond acceptors (Lipinski definition) is 3. The van der Waals surface area contributed by atoms with Crippen LogP contribution in [0, 0.1) is 5.92 Å². The first-order valence-electron chi connectivity index (χ1n) is 7.03. The summed E-state index contributed by atoms with van der Waals surface area (Å²) in [4.78, 5) is 9.06. The van der Waals surface area contributed by atoms with Crippen molar-refractivity contribution in [1.29, 1.82) is 0 Å². The first-order chi connectivity index (χ1) is 9.85. The summed E-state index contributed by atoms with van der Waals surface area (Å²) in [5, 5.41) is 2.86. The van der Waals surface area contributed by atoms with Crippen molar-refractivity contribution in [1.82, 2.24) is 10.2 Å². The van der Waals surface area contributed by atoms with Crippen LogP contribution in [-0.4, -0.2) is 56.0 Å².